The minimum atomic E-state index is 0.904. The van der Waals surface area contributed by atoms with Gasteiger partial charge in [0.1, 0.15) is 0 Å². The zero-order valence-electron chi connectivity index (χ0n) is 12.4. The third kappa shape index (κ3) is 2.74. The Morgan fingerprint density at radius 2 is 1.78 bits per heavy atom. The van der Waals surface area contributed by atoms with Crippen LogP contribution in [-0.2, 0) is 0 Å². The summed E-state index contributed by atoms with van der Waals surface area (Å²) in [5.41, 5.74) is 4.25. The van der Waals surface area contributed by atoms with E-state index in [0.29, 0.717) is 0 Å². The molecule has 0 saturated carbocycles. The van der Waals surface area contributed by atoms with Crippen LogP contribution in [0.4, 0.5) is 0 Å². The highest BCUT2D eigenvalue weighted by Crippen LogP contribution is 2.24. The lowest BCUT2D eigenvalue weighted by Gasteiger charge is -2.02. The van der Waals surface area contributed by atoms with Crippen molar-refractivity contribution in [1.82, 2.24) is 19.7 Å². The van der Waals surface area contributed by atoms with Crippen LogP contribution < -0.4 is 0 Å². The highest BCUT2D eigenvalue weighted by molar-refractivity contribution is 5.86. The molecule has 0 unspecified atom stereocenters. The molecular formula is C19H14N4. The molecule has 23 heavy (non-hydrogen) atoms. The highest BCUT2D eigenvalue weighted by atomic mass is 15.3. The van der Waals surface area contributed by atoms with Crippen molar-refractivity contribution < 1.29 is 0 Å². The molecule has 0 N–H and O–H groups in total. The Kier molecular flexibility index (Phi) is 3.41. The summed E-state index contributed by atoms with van der Waals surface area (Å²) in [5, 5.41) is 5.54. The molecule has 1 aromatic carbocycles. The number of hydrogen-bond acceptors (Lipinski definition) is 3. The first-order valence-corrected chi connectivity index (χ1v) is 7.37. The average Bonchev–Trinajstić information content (AvgIpc) is 3.04. The number of hydrogen-bond donors (Lipinski definition) is 0. The summed E-state index contributed by atoms with van der Waals surface area (Å²) < 4.78 is 1.87. The smallest absolute Gasteiger partial charge is 0.0740 e. The normalized spacial score (nSPS) is 11.3. The van der Waals surface area contributed by atoms with Crippen LogP contribution in [0.3, 0.4) is 0 Å². The van der Waals surface area contributed by atoms with Gasteiger partial charge in [-0.25, -0.2) is 4.68 Å². The van der Waals surface area contributed by atoms with Crippen LogP contribution in [0.1, 0.15) is 5.69 Å². The minimum absolute atomic E-state index is 0.904. The highest BCUT2D eigenvalue weighted by Gasteiger charge is 2.03. The molecule has 0 amide bonds. The number of rotatable bonds is 3. The first-order valence-electron chi connectivity index (χ1n) is 7.37. The quantitative estimate of drug-likeness (QED) is 0.571. The van der Waals surface area contributed by atoms with Crippen molar-refractivity contribution in [2.24, 2.45) is 0 Å². The second-order valence-electron chi connectivity index (χ2n) is 5.17. The molecule has 0 saturated heterocycles. The average molecular weight is 298 g/mol. The van der Waals surface area contributed by atoms with Crippen LogP contribution in [0.5, 0.6) is 0 Å². The monoisotopic (exact) mass is 298 g/mol. The molecule has 0 aliphatic heterocycles. The third-order valence-electron chi connectivity index (χ3n) is 3.69. The maximum Gasteiger partial charge on any atom is 0.0740 e. The first-order chi connectivity index (χ1) is 11.4. The predicted octanol–water partition coefficient (Wildman–Crippen LogP) is 4.12. The van der Waals surface area contributed by atoms with Gasteiger partial charge in [-0.1, -0.05) is 18.2 Å². The van der Waals surface area contributed by atoms with Crippen molar-refractivity contribution >= 4 is 23.2 Å². The molecule has 4 heteroatoms. The fourth-order valence-corrected chi connectivity index (χ4v) is 2.50. The summed E-state index contributed by atoms with van der Waals surface area (Å²) in [6.07, 6.45) is 11.1. The molecule has 4 aromatic rings. The summed E-state index contributed by atoms with van der Waals surface area (Å²) in [6.45, 7) is 0. The van der Waals surface area contributed by atoms with Gasteiger partial charge in [-0.05, 0) is 47.5 Å². The van der Waals surface area contributed by atoms with Crippen molar-refractivity contribution in [2.75, 3.05) is 0 Å². The van der Waals surface area contributed by atoms with Gasteiger partial charge in [0.2, 0.25) is 0 Å². The van der Waals surface area contributed by atoms with Crippen LogP contribution >= 0.6 is 0 Å². The van der Waals surface area contributed by atoms with Gasteiger partial charge in [0.15, 0.2) is 0 Å². The molecule has 0 bridgehead atoms. The summed E-state index contributed by atoms with van der Waals surface area (Å²) in [7, 11) is 0. The Morgan fingerprint density at radius 1 is 0.870 bits per heavy atom. The van der Waals surface area contributed by atoms with Gasteiger partial charge in [-0.3, -0.25) is 9.97 Å². The lowest BCUT2D eigenvalue weighted by Crippen LogP contribution is -1.89. The zero-order valence-corrected chi connectivity index (χ0v) is 12.4. The largest absolute Gasteiger partial charge is 0.265 e. The van der Waals surface area contributed by atoms with E-state index in [2.05, 4.69) is 33.3 Å². The first kappa shape index (κ1) is 13.4. The molecule has 3 heterocycles. The standard InChI is InChI=1S/C19H14N4/c1-2-9-21-18(3-1)8-12-23-19-13-16(4-5-17(19)14-22-23)15-6-10-20-11-7-15/h1-14H. The van der Waals surface area contributed by atoms with Crippen molar-refractivity contribution in [1.29, 1.82) is 0 Å². The molecule has 0 spiro atoms. The van der Waals surface area contributed by atoms with Crippen molar-refractivity contribution in [3.63, 3.8) is 0 Å². The van der Waals surface area contributed by atoms with Gasteiger partial charge in [0.25, 0.3) is 0 Å². The summed E-state index contributed by atoms with van der Waals surface area (Å²) in [6, 6.07) is 16.2. The van der Waals surface area contributed by atoms with Gasteiger partial charge in [-0.15, -0.1) is 0 Å². The lowest BCUT2D eigenvalue weighted by atomic mass is 10.1. The van der Waals surface area contributed by atoms with Crippen LogP contribution in [0.25, 0.3) is 34.3 Å². The van der Waals surface area contributed by atoms with E-state index >= 15 is 0 Å². The van der Waals surface area contributed by atoms with E-state index in [1.54, 1.807) is 18.6 Å². The van der Waals surface area contributed by atoms with Crippen LogP contribution in [0, 0.1) is 0 Å². The molecular weight excluding hydrogens is 284 g/mol. The van der Waals surface area contributed by atoms with Gasteiger partial charge in [0.05, 0.1) is 17.4 Å². The maximum absolute atomic E-state index is 4.43. The van der Waals surface area contributed by atoms with Crippen LogP contribution in [-0.4, -0.2) is 19.7 Å². The zero-order chi connectivity index (χ0) is 15.5. The third-order valence-corrected chi connectivity index (χ3v) is 3.69. The Bertz CT molecular complexity index is 957. The van der Waals surface area contributed by atoms with Crippen molar-refractivity contribution in [3.8, 4) is 11.1 Å². The molecule has 110 valence electrons. The fraction of sp³-hybridized carbons (Fsp3) is 0. The minimum Gasteiger partial charge on any atom is -0.265 e. The SMILES string of the molecule is C(=Cn1ncc2ccc(-c3ccncc3)cc21)c1ccccn1. The Balaban J connectivity index is 1.75. The predicted molar refractivity (Wildman–Crippen MR) is 92.4 cm³/mol. The van der Waals surface area contributed by atoms with Gasteiger partial charge in [0, 0.05) is 30.2 Å². The molecule has 4 rings (SSSR count). The number of nitrogens with zero attached hydrogens (tertiary/aromatic N) is 4. The molecule has 0 aliphatic rings. The molecule has 4 nitrogen and oxygen atoms in total. The lowest BCUT2D eigenvalue weighted by molar-refractivity contribution is 0.968. The molecule has 0 atom stereocenters. The van der Waals surface area contributed by atoms with Crippen molar-refractivity contribution in [3.05, 3.63) is 79.0 Å². The maximum atomic E-state index is 4.43. The van der Waals surface area contributed by atoms with E-state index < -0.39 is 0 Å². The van der Waals surface area contributed by atoms with E-state index in [9.17, 15) is 0 Å². The van der Waals surface area contributed by atoms with E-state index in [0.717, 1.165) is 27.7 Å². The molecule has 0 fully saturated rings. The van der Waals surface area contributed by atoms with Gasteiger partial charge >= 0.3 is 0 Å². The number of pyridine rings is 2. The molecule has 0 radical (unpaired) electrons. The van der Waals surface area contributed by atoms with E-state index in [-0.39, 0.29) is 0 Å². The van der Waals surface area contributed by atoms with Gasteiger partial charge < -0.3 is 0 Å². The van der Waals surface area contributed by atoms with Crippen molar-refractivity contribution in [2.45, 2.75) is 0 Å². The van der Waals surface area contributed by atoms with Crippen LogP contribution in [0.15, 0.2) is 73.3 Å². The number of aromatic nitrogens is 4. The Morgan fingerprint density at radius 3 is 2.61 bits per heavy atom. The molecule has 3 aromatic heterocycles. The summed E-state index contributed by atoms with van der Waals surface area (Å²) in [5.74, 6) is 0. The van der Waals surface area contributed by atoms with Crippen LogP contribution in [0.2, 0.25) is 0 Å². The second-order valence-corrected chi connectivity index (χ2v) is 5.17. The number of benzene rings is 1. The van der Waals surface area contributed by atoms with E-state index in [1.807, 2.05) is 53.5 Å². The van der Waals surface area contributed by atoms with E-state index in [1.165, 1.54) is 0 Å². The van der Waals surface area contributed by atoms with E-state index in [4.69, 9.17) is 0 Å². The van der Waals surface area contributed by atoms with Gasteiger partial charge in [-0.2, -0.15) is 5.10 Å². The summed E-state index contributed by atoms with van der Waals surface area (Å²) >= 11 is 0. The second kappa shape index (κ2) is 5.85. The fourth-order valence-electron chi connectivity index (χ4n) is 2.50. The topological polar surface area (TPSA) is 43.6 Å². The number of fused-ring (bicyclic) bond motifs is 1. The summed E-state index contributed by atoms with van der Waals surface area (Å²) in [4.78, 5) is 8.36. The Labute approximate surface area is 133 Å². The molecule has 0 aliphatic carbocycles. The Hall–Kier alpha value is -3.27.